The van der Waals surface area contributed by atoms with Crippen molar-refractivity contribution >= 4 is 0 Å². The van der Waals surface area contributed by atoms with E-state index in [2.05, 4.69) is 41.2 Å². The van der Waals surface area contributed by atoms with Crippen molar-refractivity contribution in [2.45, 2.75) is 65.0 Å². The van der Waals surface area contributed by atoms with Crippen LogP contribution < -0.4 is 5.32 Å². The number of nitrogens with one attached hydrogen (secondary N) is 1. The van der Waals surface area contributed by atoms with Gasteiger partial charge in [-0.1, -0.05) is 38.3 Å². The molecular weight excluding hydrogens is 236 g/mol. The number of hydrogen-bond donors (Lipinski definition) is 1. The molecule has 0 aromatic carbocycles. The lowest BCUT2D eigenvalue weighted by molar-refractivity contribution is 0.208. The summed E-state index contributed by atoms with van der Waals surface area (Å²) in [7, 11) is 2.07. The second-order valence-corrected chi connectivity index (χ2v) is 5.85. The summed E-state index contributed by atoms with van der Waals surface area (Å²) in [5.74, 6) is 1.64. The summed E-state index contributed by atoms with van der Waals surface area (Å²) < 4.78 is 2.08. The molecular formula is C15H28N4. The molecule has 1 aliphatic rings. The van der Waals surface area contributed by atoms with E-state index in [1.165, 1.54) is 37.8 Å². The van der Waals surface area contributed by atoms with E-state index in [1.54, 1.807) is 0 Å². The Balaban J connectivity index is 2.12. The standard InChI is InChI=1S/C15H28N4/c1-4-9-19-14(11-17-18-19)15(16-3)13-8-6-7-12(5-2)10-13/h11-13,15-16H,4-10H2,1-3H3. The SMILES string of the molecule is CCCn1nncc1C(NC)C1CCCC(CC)C1. The zero-order valence-corrected chi connectivity index (χ0v) is 12.6. The Morgan fingerprint density at radius 2 is 2.26 bits per heavy atom. The van der Waals surface area contributed by atoms with Crippen molar-refractivity contribution in [2.75, 3.05) is 7.05 Å². The van der Waals surface area contributed by atoms with Gasteiger partial charge in [0, 0.05) is 6.54 Å². The van der Waals surface area contributed by atoms with Crippen molar-refractivity contribution < 1.29 is 0 Å². The Kier molecular flexibility index (Phi) is 5.37. The molecule has 0 amide bonds. The van der Waals surface area contributed by atoms with Crippen molar-refractivity contribution in [1.82, 2.24) is 20.3 Å². The van der Waals surface area contributed by atoms with Gasteiger partial charge in [0.25, 0.3) is 0 Å². The summed E-state index contributed by atoms with van der Waals surface area (Å²) >= 11 is 0. The third-order valence-electron chi connectivity index (χ3n) is 4.58. The topological polar surface area (TPSA) is 42.7 Å². The van der Waals surface area contributed by atoms with Crippen LogP contribution >= 0.6 is 0 Å². The second kappa shape index (κ2) is 7.04. The summed E-state index contributed by atoms with van der Waals surface area (Å²) in [4.78, 5) is 0. The van der Waals surface area contributed by atoms with Crippen molar-refractivity contribution in [3.05, 3.63) is 11.9 Å². The van der Waals surface area contributed by atoms with Gasteiger partial charge in [-0.25, -0.2) is 4.68 Å². The first-order chi connectivity index (χ1) is 9.30. The summed E-state index contributed by atoms with van der Waals surface area (Å²) in [5, 5.41) is 11.9. The maximum atomic E-state index is 4.24. The van der Waals surface area contributed by atoms with Crippen molar-refractivity contribution in [2.24, 2.45) is 11.8 Å². The Morgan fingerprint density at radius 1 is 1.42 bits per heavy atom. The Bertz CT molecular complexity index is 374. The minimum atomic E-state index is 0.413. The van der Waals surface area contributed by atoms with Gasteiger partial charge in [0.1, 0.15) is 0 Å². The second-order valence-electron chi connectivity index (χ2n) is 5.85. The summed E-state index contributed by atoms with van der Waals surface area (Å²) in [6.07, 6.45) is 9.84. The number of nitrogens with zero attached hydrogens (tertiary/aromatic N) is 3. The molecule has 0 saturated heterocycles. The van der Waals surface area contributed by atoms with Crippen LogP contribution in [0, 0.1) is 11.8 Å². The predicted octanol–water partition coefficient (Wildman–Crippen LogP) is 3.17. The number of aryl methyl sites for hydroxylation is 1. The van der Waals surface area contributed by atoms with E-state index in [-0.39, 0.29) is 0 Å². The monoisotopic (exact) mass is 264 g/mol. The van der Waals surface area contributed by atoms with Crippen LogP contribution in [-0.4, -0.2) is 22.0 Å². The smallest absolute Gasteiger partial charge is 0.0759 e. The summed E-state index contributed by atoms with van der Waals surface area (Å²) in [6, 6.07) is 0.413. The first kappa shape index (κ1) is 14.5. The molecule has 1 saturated carbocycles. The van der Waals surface area contributed by atoms with Crippen LogP contribution in [0.1, 0.15) is 64.1 Å². The molecule has 0 spiro atoms. The normalized spacial score (nSPS) is 25.4. The molecule has 1 heterocycles. The van der Waals surface area contributed by atoms with E-state index in [4.69, 9.17) is 0 Å². The molecule has 1 aromatic rings. The molecule has 4 heteroatoms. The number of aromatic nitrogens is 3. The molecule has 1 aliphatic carbocycles. The average Bonchev–Trinajstić information content (AvgIpc) is 2.89. The fourth-order valence-corrected chi connectivity index (χ4v) is 3.52. The number of hydrogen-bond acceptors (Lipinski definition) is 3. The molecule has 2 rings (SSSR count). The molecule has 0 aliphatic heterocycles. The molecule has 3 unspecified atom stereocenters. The van der Waals surface area contributed by atoms with E-state index in [0.29, 0.717) is 6.04 Å². The number of rotatable bonds is 6. The molecule has 19 heavy (non-hydrogen) atoms. The van der Waals surface area contributed by atoms with Crippen LogP contribution in [0.25, 0.3) is 0 Å². The third kappa shape index (κ3) is 3.35. The highest BCUT2D eigenvalue weighted by atomic mass is 15.4. The van der Waals surface area contributed by atoms with Gasteiger partial charge < -0.3 is 5.32 Å². The molecule has 1 aromatic heterocycles. The molecule has 4 nitrogen and oxygen atoms in total. The zero-order chi connectivity index (χ0) is 13.7. The summed E-state index contributed by atoms with van der Waals surface area (Å²) in [5.41, 5.74) is 1.27. The van der Waals surface area contributed by atoms with Gasteiger partial charge in [-0.3, -0.25) is 0 Å². The van der Waals surface area contributed by atoms with Crippen LogP contribution in [0.4, 0.5) is 0 Å². The van der Waals surface area contributed by atoms with Gasteiger partial charge in [0.05, 0.1) is 17.9 Å². The zero-order valence-electron chi connectivity index (χ0n) is 12.6. The quantitative estimate of drug-likeness (QED) is 0.858. The molecule has 1 N–H and O–H groups in total. The molecule has 3 atom stereocenters. The largest absolute Gasteiger partial charge is 0.311 e. The Morgan fingerprint density at radius 3 is 2.95 bits per heavy atom. The first-order valence-corrected chi connectivity index (χ1v) is 7.85. The van der Waals surface area contributed by atoms with Gasteiger partial charge >= 0.3 is 0 Å². The Labute approximate surface area is 117 Å². The van der Waals surface area contributed by atoms with Gasteiger partial charge in [-0.05, 0) is 38.1 Å². The van der Waals surface area contributed by atoms with Crippen LogP contribution in [0.5, 0.6) is 0 Å². The maximum Gasteiger partial charge on any atom is 0.0759 e. The first-order valence-electron chi connectivity index (χ1n) is 7.85. The van der Waals surface area contributed by atoms with Gasteiger partial charge in [-0.15, -0.1) is 5.10 Å². The highest BCUT2D eigenvalue weighted by molar-refractivity contribution is 5.05. The van der Waals surface area contributed by atoms with Crippen LogP contribution in [0.3, 0.4) is 0 Å². The van der Waals surface area contributed by atoms with E-state index >= 15 is 0 Å². The predicted molar refractivity (Wildman–Crippen MR) is 77.9 cm³/mol. The minimum absolute atomic E-state index is 0.413. The summed E-state index contributed by atoms with van der Waals surface area (Å²) in [6.45, 7) is 5.48. The van der Waals surface area contributed by atoms with Gasteiger partial charge in [-0.2, -0.15) is 0 Å². The Hall–Kier alpha value is -0.900. The van der Waals surface area contributed by atoms with E-state index in [9.17, 15) is 0 Å². The van der Waals surface area contributed by atoms with E-state index < -0.39 is 0 Å². The van der Waals surface area contributed by atoms with Crippen LogP contribution in [0.15, 0.2) is 6.20 Å². The highest BCUT2D eigenvalue weighted by Gasteiger charge is 2.29. The molecule has 1 fully saturated rings. The third-order valence-corrected chi connectivity index (χ3v) is 4.58. The lowest BCUT2D eigenvalue weighted by Gasteiger charge is -2.34. The minimum Gasteiger partial charge on any atom is -0.311 e. The fraction of sp³-hybridized carbons (Fsp3) is 0.867. The van der Waals surface area contributed by atoms with Gasteiger partial charge in [0.15, 0.2) is 0 Å². The van der Waals surface area contributed by atoms with Gasteiger partial charge in [0.2, 0.25) is 0 Å². The van der Waals surface area contributed by atoms with Crippen molar-refractivity contribution in [3.8, 4) is 0 Å². The fourth-order valence-electron chi connectivity index (χ4n) is 3.52. The van der Waals surface area contributed by atoms with E-state index in [1.807, 2.05) is 6.20 Å². The highest BCUT2D eigenvalue weighted by Crippen LogP contribution is 2.38. The lowest BCUT2D eigenvalue weighted by atomic mass is 9.76. The van der Waals surface area contributed by atoms with Crippen LogP contribution in [-0.2, 0) is 6.54 Å². The average molecular weight is 264 g/mol. The van der Waals surface area contributed by atoms with Crippen LogP contribution in [0.2, 0.25) is 0 Å². The molecule has 108 valence electrons. The lowest BCUT2D eigenvalue weighted by Crippen LogP contribution is -2.31. The van der Waals surface area contributed by atoms with Crippen molar-refractivity contribution in [1.29, 1.82) is 0 Å². The van der Waals surface area contributed by atoms with Crippen molar-refractivity contribution in [3.63, 3.8) is 0 Å². The molecule has 0 radical (unpaired) electrons. The molecule has 0 bridgehead atoms. The maximum absolute atomic E-state index is 4.24. The van der Waals surface area contributed by atoms with E-state index in [0.717, 1.165) is 24.8 Å².